The van der Waals surface area contributed by atoms with Gasteiger partial charge in [0.05, 0.1) is 6.61 Å². The van der Waals surface area contributed by atoms with E-state index in [-0.39, 0.29) is 24.6 Å². The number of hydrogen-bond donors (Lipinski definition) is 1. The van der Waals surface area contributed by atoms with E-state index in [4.69, 9.17) is 0 Å². The molecule has 0 amide bonds. The van der Waals surface area contributed by atoms with Gasteiger partial charge in [0.25, 0.3) is 10.0 Å². The third-order valence-electron chi connectivity index (χ3n) is 6.82. The van der Waals surface area contributed by atoms with Crippen molar-refractivity contribution in [3.05, 3.63) is 77.7 Å². The summed E-state index contributed by atoms with van der Waals surface area (Å²) in [5.74, 6) is 0.115. The molecule has 1 aromatic heterocycles. The molecule has 0 saturated carbocycles. The van der Waals surface area contributed by atoms with Crippen molar-refractivity contribution in [1.82, 2.24) is 9.21 Å². The molecule has 0 unspecified atom stereocenters. The van der Waals surface area contributed by atoms with E-state index >= 15 is 0 Å². The highest BCUT2D eigenvalue weighted by Gasteiger charge is 2.50. The van der Waals surface area contributed by atoms with Gasteiger partial charge >= 0.3 is 0 Å². The fraction of sp³-hybridized carbons (Fsp3) is 0.360. The first-order valence-corrected chi connectivity index (χ1v) is 13.5. The topological polar surface area (TPSA) is 60.9 Å². The van der Waals surface area contributed by atoms with Crippen LogP contribution in [0.1, 0.15) is 24.3 Å². The molecule has 168 valence electrons. The number of benzene rings is 2. The Balaban J connectivity index is 1.42. The van der Waals surface area contributed by atoms with Crippen LogP contribution in [-0.4, -0.2) is 61.1 Å². The van der Waals surface area contributed by atoms with Gasteiger partial charge in [-0.2, -0.15) is 4.31 Å². The molecule has 2 aliphatic heterocycles. The number of nitrogens with zero attached hydrogens (tertiary/aromatic N) is 2. The Morgan fingerprint density at radius 2 is 1.62 bits per heavy atom. The van der Waals surface area contributed by atoms with E-state index in [0.29, 0.717) is 17.3 Å². The van der Waals surface area contributed by atoms with Crippen LogP contribution in [0, 0.1) is 0 Å². The largest absolute Gasteiger partial charge is 0.395 e. The second-order valence-corrected chi connectivity index (χ2v) is 11.7. The smallest absolute Gasteiger partial charge is 0.252 e. The van der Waals surface area contributed by atoms with Gasteiger partial charge in [-0.1, -0.05) is 60.7 Å². The average molecular weight is 469 g/mol. The number of thiophene rings is 1. The molecule has 2 fully saturated rings. The zero-order valence-electron chi connectivity index (χ0n) is 17.9. The molecule has 2 saturated heterocycles. The van der Waals surface area contributed by atoms with E-state index in [1.54, 1.807) is 16.4 Å². The van der Waals surface area contributed by atoms with E-state index in [9.17, 15) is 13.5 Å². The van der Waals surface area contributed by atoms with Crippen LogP contribution < -0.4 is 0 Å². The zero-order chi connectivity index (χ0) is 22.1. The Bertz CT molecular complexity index is 1130. The van der Waals surface area contributed by atoms with E-state index in [1.165, 1.54) is 22.5 Å². The molecule has 0 spiro atoms. The van der Waals surface area contributed by atoms with E-state index < -0.39 is 10.0 Å². The van der Waals surface area contributed by atoms with Crippen LogP contribution in [0.2, 0.25) is 0 Å². The predicted octanol–water partition coefficient (Wildman–Crippen LogP) is 4.03. The molecule has 0 bridgehead atoms. The highest BCUT2D eigenvalue weighted by atomic mass is 32.2. The number of rotatable bonds is 5. The Hall–Kier alpha value is -2.03. The number of sulfonamides is 1. The summed E-state index contributed by atoms with van der Waals surface area (Å²) in [6, 6.07) is 22.4. The lowest BCUT2D eigenvalue weighted by Gasteiger charge is -2.57. The zero-order valence-corrected chi connectivity index (χ0v) is 19.5. The number of fused-ring (bicyclic) bond motifs is 1. The van der Waals surface area contributed by atoms with Crippen molar-refractivity contribution in [3.63, 3.8) is 0 Å². The van der Waals surface area contributed by atoms with Crippen molar-refractivity contribution in [2.45, 2.75) is 35.1 Å². The maximum Gasteiger partial charge on any atom is 0.252 e. The Morgan fingerprint density at radius 3 is 2.31 bits per heavy atom. The molecule has 0 radical (unpaired) electrons. The van der Waals surface area contributed by atoms with Crippen molar-refractivity contribution in [2.75, 3.05) is 26.2 Å². The van der Waals surface area contributed by atoms with Gasteiger partial charge in [0.2, 0.25) is 0 Å². The van der Waals surface area contributed by atoms with E-state index in [2.05, 4.69) is 41.3 Å². The molecule has 32 heavy (non-hydrogen) atoms. The maximum absolute atomic E-state index is 13.3. The maximum atomic E-state index is 13.3. The molecule has 2 aliphatic rings. The van der Waals surface area contributed by atoms with Gasteiger partial charge in [-0.05, 0) is 47.5 Å². The number of aliphatic hydroxyl groups is 1. The highest BCUT2D eigenvalue weighted by Crippen LogP contribution is 2.43. The summed E-state index contributed by atoms with van der Waals surface area (Å²) in [6.45, 7) is 2.00. The van der Waals surface area contributed by atoms with Gasteiger partial charge in [-0.3, -0.25) is 4.90 Å². The van der Waals surface area contributed by atoms with E-state index in [1.807, 2.05) is 23.6 Å². The lowest BCUT2D eigenvalue weighted by Crippen LogP contribution is -2.67. The standard InChI is InChI=1S/C25H28N2O3S2/c28-18-23-25(21-12-10-20(11-13-21)19-7-2-1-3-8-19)22-17-26(14-4-5-15-27(22)23)32(29,30)24-9-6-16-31-24/h1-3,6-13,16,22-23,25,28H,4-5,14-15,17-18H2/t22-,23-,25-/m0/s1. The molecular weight excluding hydrogens is 440 g/mol. The highest BCUT2D eigenvalue weighted by molar-refractivity contribution is 7.91. The first-order valence-electron chi connectivity index (χ1n) is 11.2. The van der Waals surface area contributed by atoms with Crippen LogP contribution in [0.4, 0.5) is 0 Å². The molecule has 1 N–H and O–H groups in total. The van der Waals surface area contributed by atoms with Crippen molar-refractivity contribution >= 4 is 21.4 Å². The molecule has 3 aromatic rings. The van der Waals surface area contributed by atoms with Crippen LogP contribution in [0.25, 0.3) is 11.1 Å². The lowest BCUT2D eigenvalue weighted by molar-refractivity contribution is -0.0553. The summed E-state index contributed by atoms with van der Waals surface area (Å²) >= 11 is 1.27. The Labute approximate surface area is 194 Å². The van der Waals surface area contributed by atoms with Crippen molar-refractivity contribution in [2.24, 2.45) is 0 Å². The SMILES string of the molecule is O=S(=O)(c1cccs1)N1CCCCN2[C@@H](CO)[C@@H](c3ccc(-c4ccccc4)cc3)[C@@H]2C1. The second-order valence-electron chi connectivity index (χ2n) is 8.57. The molecule has 5 nitrogen and oxygen atoms in total. The monoisotopic (exact) mass is 468 g/mol. The summed E-state index contributed by atoms with van der Waals surface area (Å²) in [4.78, 5) is 2.31. The first-order chi connectivity index (χ1) is 15.6. The fourth-order valence-electron chi connectivity index (χ4n) is 5.19. The van der Waals surface area contributed by atoms with Gasteiger partial charge in [0.1, 0.15) is 4.21 Å². The van der Waals surface area contributed by atoms with Crippen molar-refractivity contribution < 1.29 is 13.5 Å². The quantitative estimate of drug-likeness (QED) is 0.614. The molecule has 2 aromatic carbocycles. The average Bonchev–Trinajstić information content (AvgIpc) is 3.35. The molecular formula is C25H28N2O3S2. The minimum atomic E-state index is -3.49. The third-order valence-corrected chi connectivity index (χ3v) is 10.1. The van der Waals surface area contributed by atoms with Crippen LogP contribution in [0.5, 0.6) is 0 Å². The minimum Gasteiger partial charge on any atom is -0.395 e. The van der Waals surface area contributed by atoms with Gasteiger partial charge < -0.3 is 5.11 Å². The van der Waals surface area contributed by atoms with Gasteiger partial charge in [0, 0.05) is 31.1 Å². The summed E-state index contributed by atoms with van der Waals surface area (Å²) in [7, 11) is -3.49. The van der Waals surface area contributed by atoms with Crippen LogP contribution in [0.15, 0.2) is 76.3 Å². The van der Waals surface area contributed by atoms with Crippen LogP contribution >= 0.6 is 11.3 Å². The fourth-order valence-corrected chi connectivity index (χ4v) is 7.83. The van der Waals surface area contributed by atoms with Crippen LogP contribution in [0.3, 0.4) is 0 Å². The Kier molecular flexibility index (Phi) is 6.18. The lowest BCUT2D eigenvalue weighted by atomic mass is 9.74. The van der Waals surface area contributed by atoms with Crippen molar-refractivity contribution in [1.29, 1.82) is 0 Å². The van der Waals surface area contributed by atoms with E-state index in [0.717, 1.165) is 24.9 Å². The van der Waals surface area contributed by atoms with Gasteiger partial charge in [0.15, 0.2) is 0 Å². The molecule has 7 heteroatoms. The van der Waals surface area contributed by atoms with Gasteiger partial charge in [-0.25, -0.2) is 8.42 Å². The normalized spacial score (nSPS) is 24.8. The summed E-state index contributed by atoms with van der Waals surface area (Å²) in [5.41, 5.74) is 3.50. The summed E-state index contributed by atoms with van der Waals surface area (Å²) < 4.78 is 28.6. The van der Waals surface area contributed by atoms with Crippen molar-refractivity contribution in [3.8, 4) is 11.1 Å². The summed E-state index contributed by atoms with van der Waals surface area (Å²) in [6.07, 6.45) is 1.77. The first kappa shape index (κ1) is 21.8. The van der Waals surface area contributed by atoms with Gasteiger partial charge in [-0.15, -0.1) is 11.3 Å². The number of aliphatic hydroxyl groups excluding tert-OH is 1. The third kappa shape index (κ3) is 3.93. The molecule has 5 rings (SSSR count). The second kappa shape index (κ2) is 9.08. The molecule has 3 atom stereocenters. The molecule has 3 heterocycles. The predicted molar refractivity (Wildman–Crippen MR) is 128 cm³/mol. The Morgan fingerprint density at radius 1 is 0.906 bits per heavy atom. The molecule has 0 aliphatic carbocycles. The van der Waals surface area contributed by atoms with Crippen LogP contribution in [-0.2, 0) is 10.0 Å². The number of hydrogen-bond acceptors (Lipinski definition) is 5. The summed E-state index contributed by atoms with van der Waals surface area (Å²) in [5, 5.41) is 12.0. The minimum absolute atomic E-state index is 0.0342.